The zero-order chi connectivity index (χ0) is 22.7. The fraction of sp³-hybridized carbons (Fsp3) is 0.174. The molecule has 4 rings (SSSR count). The Morgan fingerprint density at radius 2 is 1.84 bits per heavy atom. The number of sulfonamides is 1. The van der Waals surface area contributed by atoms with E-state index in [9.17, 15) is 13.2 Å². The predicted octanol–water partition coefficient (Wildman–Crippen LogP) is 3.42. The first-order valence-corrected chi connectivity index (χ1v) is 12.0. The fourth-order valence-electron chi connectivity index (χ4n) is 3.46. The highest BCUT2D eigenvalue weighted by atomic mass is 32.2. The molecule has 0 saturated carbocycles. The topological polar surface area (TPSA) is 106 Å². The summed E-state index contributed by atoms with van der Waals surface area (Å²) in [6, 6.07) is 18.3. The van der Waals surface area contributed by atoms with E-state index in [1.54, 1.807) is 35.1 Å². The summed E-state index contributed by atoms with van der Waals surface area (Å²) in [6.07, 6.45) is 2.75. The van der Waals surface area contributed by atoms with Crippen LogP contribution in [0.5, 0.6) is 0 Å². The van der Waals surface area contributed by atoms with Gasteiger partial charge in [0, 0.05) is 24.3 Å². The summed E-state index contributed by atoms with van der Waals surface area (Å²) in [5, 5.41) is 7.96. The molecule has 9 heteroatoms. The number of aryl methyl sites for hydroxylation is 1. The van der Waals surface area contributed by atoms with E-state index in [-0.39, 0.29) is 12.5 Å². The standard InChI is InChI=1S/C23H23N5O3S/c1-3-28-22-20(15-25-28)19(13-21(26-22)17-9-5-4-6-10-17)23(29)24-14-16-8-7-11-18(12-16)27-32(2,30)31/h4-13,15,27H,3,14H2,1-2H3,(H,24,29). The molecule has 0 aliphatic heterocycles. The Hall–Kier alpha value is -3.72. The molecule has 0 atom stereocenters. The van der Waals surface area contributed by atoms with Gasteiger partial charge < -0.3 is 5.32 Å². The zero-order valence-corrected chi connectivity index (χ0v) is 18.6. The maximum atomic E-state index is 13.1. The Bertz CT molecular complexity index is 1380. The molecule has 2 aromatic carbocycles. The molecule has 0 fully saturated rings. The molecule has 0 aliphatic rings. The first-order valence-electron chi connectivity index (χ1n) is 10.1. The highest BCUT2D eigenvalue weighted by Gasteiger charge is 2.17. The van der Waals surface area contributed by atoms with Crippen molar-refractivity contribution < 1.29 is 13.2 Å². The number of fused-ring (bicyclic) bond motifs is 1. The minimum absolute atomic E-state index is 0.241. The lowest BCUT2D eigenvalue weighted by molar-refractivity contribution is 0.0952. The maximum Gasteiger partial charge on any atom is 0.252 e. The average Bonchev–Trinajstić information content (AvgIpc) is 3.19. The van der Waals surface area contributed by atoms with Crippen molar-refractivity contribution in [2.24, 2.45) is 0 Å². The van der Waals surface area contributed by atoms with E-state index < -0.39 is 10.0 Å². The number of nitrogens with one attached hydrogen (secondary N) is 2. The lowest BCUT2D eigenvalue weighted by Gasteiger charge is -2.10. The molecular weight excluding hydrogens is 426 g/mol. The van der Waals surface area contributed by atoms with Crippen LogP contribution in [0, 0.1) is 0 Å². The molecule has 0 radical (unpaired) electrons. The smallest absolute Gasteiger partial charge is 0.252 e. The van der Waals surface area contributed by atoms with Gasteiger partial charge in [0.25, 0.3) is 5.91 Å². The van der Waals surface area contributed by atoms with E-state index >= 15 is 0 Å². The van der Waals surface area contributed by atoms with Gasteiger partial charge in [-0.2, -0.15) is 5.10 Å². The van der Waals surface area contributed by atoms with Gasteiger partial charge in [-0.25, -0.2) is 18.1 Å². The second kappa shape index (κ2) is 8.80. The van der Waals surface area contributed by atoms with Crippen LogP contribution in [0.1, 0.15) is 22.8 Å². The van der Waals surface area contributed by atoms with E-state index in [1.807, 2.05) is 43.3 Å². The highest BCUT2D eigenvalue weighted by Crippen LogP contribution is 2.25. The summed E-state index contributed by atoms with van der Waals surface area (Å²) < 4.78 is 27.1. The fourth-order valence-corrected chi connectivity index (χ4v) is 4.02. The monoisotopic (exact) mass is 449 g/mol. The number of carbonyl (C=O) groups is 1. The van der Waals surface area contributed by atoms with Gasteiger partial charge in [0.05, 0.1) is 29.1 Å². The van der Waals surface area contributed by atoms with Gasteiger partial charge >= 0.3 is 0 Å². The van der Waals surface area contributed by atoms with Crippen LogP contribution in [0.3, 0.4) is 0 Å². The third-order valence-electron chi connectivity index (χ3n) is 4.91. The number of benzene rings is 2. The Morgan fingerprint density at radius 1 is 1.06 bits per heavy atom. The van der Waals surface area contributed by atoms with Crippen molar-refractivity contribution in [3.8, 4) is 11.3 Å². The van der Waals surface area contributed by atoms with Crippen molar-refractivity contribution in [3.63, 3.8) is 0 Å². The number of pyridine rings is 1. The molecule has 4 aromatic rings. The van der Waals surface area contributed by atoms with Gasteiger partial charge in [0.2, 0.25) is 10.0 Å². The summed E-state index contributed by atoms with van der Waals surface area (Å²) >= 11 is 0. The Kier molecular flexibility index (Phi) is 5.91. The molecule has 1 amide bonds. The SMILES string of the molecule is CCn1ncc2c(C(=O)NCc3cccc(NS(C)(=O)=O)c3)cc(-c3ccccc3)nc21. The van der Waals surface area contributed by atoms with E-state index in [2.05, 4.69) is 15.1 Å². The van der Waals surface area contributed by atoms with Crippen LogP contribution in [0.25, 0.3) is 22.3 Å². The minimum Gasteiger partial charge on any atom is -0.348 e. The summed E-state index contributed by atoms with van der Waals surface area (Å²) in [5.41, 5.74) is 3.95. The number of aromatic nitrogens is 3. The maximum absolute atomic E-state index is 13.1. The second-order valence-corrected chi connectivity index (χ2v) is 9.12. The molecule has 164 valence electrons. The van der Waals surface area contributed by atoms with Crippen LogP contribution in [0.2, 0.25) is 0 Å². The van der Waals surface area contributed by atoms with E-state index in [0.717, 1.165) is 17.4 Å². The van der Waals surface area contributed by atoms with Crippen molar-refractivity contribution in [1.82, 2.24) is 20.1 Å². The molecule has 8 nitrogen and oxygen atoms in total. The minimum atomic E-state index is -3.38. The Labute approximate surface area is 186 Å². The lowest BCUT2D eigenvalue weighted by Crippen LogP contribution is -2.23. The molecule has 2 heterocycles. The predicted molar refractivity (Wildman–Crippen MR) is 125 cm³/mol. The van der Waals surface area contributed by atoms with Gasteiger partial charge in [0.15, 0.2) is 5.65 Å². The lowest BCUT2D eigenvalue weighted by atomic mass is 10.1. The average molecular weight is 450 g/mol. The molecular formula is C23H23N5O3S. The summed E-state index contributed by atoms with van der Waals surface area (Å²) in [5.74, 6) is -0.258. The first kappa shape index (κ1) is 21.5. The van der Waals surface area contributed by atoms with E-state index in [1.165, 1.54) is 0 Å². The quantitative estimate of drug-likeness (QED) is 0.450. The number of hydrogen-bond acceptors (Lipinski definition) is 5. The van der Waals surface area contributed by atoms with Crippen molar-refractivity contribution in [1.29, 1.82) is 0 Å². The van der Waals surface area contributed by atoms with Gasteiger partial charge in [-0.1, -0.05) is 42.5 Å². The van der Waals surface area contributed by atoms with Crippen LogP contribution in [0.4, 0.5) is 5.69 Å². The number of rotatable bonds is 7. The molecule has 0 spiro atoms. The number of amides is 1. The molecule has 0 saturated heterocycles. The summed E-state index contributed by atoms with van der Waals surface area (Å²) in [7, 11) is -3.38. The largest absolute Gasteiger partial charge is 0.348 e. The molecule has 0 unspecified atom stereocenters. The van der Waals surface area contributed by atoms with Crippen LogP contribution in [-0.2, 0) is 23.1 Å². The van der Waals surface area contributed by atoms with E-state index in [4.69, 9.17) is 4.98 Å². The van der Waals surface area contributed by atoms with Crippen molar-refractivity contribution in [2.75, 3.05) is 11.0 Å². The third-order valence-corrected chi connectivity index (χ3v) is 5.51. The van der Waals surface area contributed by atoms with Gasteiger partial charge in [-0.15, -0.1) is 0 Å². The van der Waals surface area contributed by atoms with Crippen molar-refractivity contribution in [3.05, 3.63) is 78.0 Å². The zero-order valence-electron chi connectivity index (χ0n) is 17.7. The van der Waals surface area contributed by atoms with Crippen molar-refractivity contribution in [2.45, 2.75) is 20.0 Å². The second-order valence-electron chi connectivity index (χ2n) is 7.38. The Balaban J connectivity index is 1.64. The van der Waals surface area contributed by atoms with Crippen LogP contribution in [0.15, 0.2) is 66.9 Å². The van der Waals surface area contributed by atoms with Gasteiger partial charge in [-0.05, 0) is 30.7 Å². The van der Waals surface area contributed by atoms with E-state index in [0.29, 0.717) is 34.5 Å². The molecule has 2 aromatic heterocycles. The number of carbonyl (C=O) groups excluding carboxylic acids is 1. The molecule has 0 aliphatic carbocycles. The number of hydrogen-bond donors (Lipinski definition) is 2. The van der Waals surface area contributed by atoms with Gasteiger partial charge in [-0.3, -0.25) is 9.52 Å². The number of nitrogens with zero attached hydrogens (tertiary/aromatic N) is 3. The van der Waals surface area contributed by atoms with Crippen LogP contribution >= 0.6 is 0 Å². The summed E-state index contributed by atoms with van der Waals surface area (Å²) in [4.78, 5) is 17.9. The highest BCUT2D eigenvalue weighted by molar-refractivity contribution is 7.92. The normalized spacial score (nSPS) is 11.4. The summed E-state index contributed by atoms with van der Waals surface area (Å²) in [6.45, 7) is 2.85. The molecule has 0 bridgehead atoms. The van der Waals surface area contributed by atoms with Crippen molar-refractivity contribution >= 4 is 32.7 Å². The number of anilines is 1. The van der Waals surface area contributed by atoms with Crippen LogP contribution in [-0.4, -0.2) is 35.3 Å². The third kappa shape index (κ3) is 4.78. The molecule has 2 N–H and O–H groups in total. The molecule has 32 heavy (non-hydrogen) atoms. The Morgan fingerprint density at radius 3 is 2.56 bits per heavy atom. The van der Waals surface area contributed by atoms with Crippen LogP contribution < -0.4 is 10.0 Å². The first-order chi connectivity index (χ1) is 15.3. The van der Waals surface area contributed by atoms with Gasteiger partial charge in [0.1, 0.15) is 0 Å².